The molecule has 2 aromatic carbocycles. The van der Waals surface area contributed by atoms with Crippen LogP contribution in [0.5, 0.6) is 5.75 Å². The van der Waals surface area contributed by atoms with Crippen molar-refractivity contribution in [1.82, 2.24) is 9.71 Å². The van der Waals surface area contributed by atoms with E-state index in [1.54, 1.807) is 32.4 Å². The quantitative estimate of drug-likeness (QED) is 0.295. The summed E-state index contributed by atoms with van der Waals surface area (Å²) in [5.41, 5.74) is 3.38. The van der Waals surface area contributed by atoms with Gasteiger partial charge in [-0.1, -0.05) is 42.8 Å². The van der Waals surface area contributed by atoms with Crippen molar-refractivity contribution in [2.75, 3.05) is 31.7 Å². The molecule has 8 nitrogen and oxygen atoms in total. The maximum atomic E-state index is 13.5. The highest BCUT2D eigenvalue weighted by Gasteiger charge is 2.50. The number of pyridine rings is 1. The Balaban J connectivity index is 1.36. The summed E-state index contributed by atoms with van der Waals surface area (Å²) in [6.45, 7) is 5.45. The number of rotatable bonds is 2. The van der Waals surface area contributed by atoms with Crippen LogP contribution in [0.25, 0.3) is 0 Å². The molecule has 1 spiro atoms. The Morgan fingerprint density at radius 1 is 1.10 bits per heavy atom. The number of carbonyl (C=O) groups is 1. The Bertz CT molecular complexity index is 1830. The molecule has 0 saturated heterocycles. The molecule has 3 aromatic rings. The zero-order chi connectivity index (χ0) is 33.7. The molecule has 4 aliphatic rings. The van der Waals surface area contributed by atoms with Gasteiger partial charge in [0, 0.05) is 48.3 Å². The van der Waals surface area contributed by atoms with Crippen LogP contribution >= 0.6 is 11.6 Å². The van der Waals surface area contributed by atoms with Gasteiger partial charge in [0.2, 0.25) is 10.0 Å². The van der Waals surface area contributed by atoms with Crippen LogP contribution < -0.4 is 14.4 Å². The number of sulfonamides is 1. The first-order valence-corrected chi connectivity index (χ1v) is 19.0. The van der Waals surface area contributed by atoms with Crippen LogP contribution in [0, 0.1) is 17.8 Å². The lowest BCUT2D eigenvalue weighted by molar-refractivity contribution is -0.0831. The van der Waals surface area contributed by atoms with Gasteiger partial charge in [-0.2, -0.15) is 0 Å². The van der Waals surface area contributed by atoms with E-state index in [1.807, 2.05) is 43.3 Å². The van der Waals surface area contributed by atoms with Crippen LogP contribution in [-0.2, 0) is 32.2 Å². The van der Waals surface area contributed by atoms with E-state index in [1.165, 1.54) is 11.1 Å². The largest absolute Gasteiger partial charge is 0.490 e. The highest BCUT2D eigenvalue weighted by Crippen LogP contribution is 2.51. The molecule has 1 amide bonds. The van der Waals surface area contributed by atoms with Gasteiger partial charge < -0.3 is 14.4 Å². The number of allylic oxidation sites excluding steroid dienone is 1. The molecular weight excluding hydrogens is 646 g/mol. The Kier molecular flexibility index (Phi) is 8.84. The molecule has 254 valence electrons. The fraction of sp³-hybridized carbons (Fsp3) is 0.474. The lowest BCUT2D eigenvalue weighted by atomic mass is 9.62. The van der Waals surface area contributed by atoms with Gasteiger partial charge in [0.15, 0.2) is 0 Å². The second kappa shape index (κ2) is 12.8. The molecule has 48 heavy (non-hydrogen) atoms. The molecule has 2 aliphatic heterocycles. The first-order chi connectivity index (χ1) is 23.0. The van der Waals surface area contributed by atoms with E-state index in [-0.39, 0.29) is 28.7 Å². The summed E-state index contributed by atoms with van der Waals surface area (Å²) < 4.78 is 42.5. The third-order valence-electron chi connectivity index (χ3n) is 11.5. The smallest absolute Gasteiger partial charge is 0.264 e. The molecule has 1 N–H and O–H groups in total. The van der Waals surface area contributed by atoms with Gasteiger partial charge in [0.05, 0.1) is 23.2 Å². The summed E-state index contributed by atoms with van der Waals surface area (Å²) in [6, 6.07) is 17.4. The second-order valence-electron chi connectivity index (χ2n) is 14.2. The van der Waals surface area contributed by atoms with Gasteiger partial charge >= 0.3 is 0 Å². The van der Waals surface area contributed by atoms with Crippen molar-refractivity contribution in [2.45, 2.75) is 68.6 Å². The van der Waals surface area contributed by atoms with E-state index in [9.17, 15) is 13.2 Å². The van der Waals surface area contributed by atoms with E-state index >= 15 is 0 Å². The maximum absolute atomic E-state index is 13.5. The molecule has 1 aromatic heterocycles. The molecule has 3 heterocycles. The number of aryl methyl sites for hydroxylation is 1. The van der Waals surface area contributed by atoms with Crippen molar-refractivity contribution >= 4 is 33.2 Å². The van der Waals surface area contributed by atoms with E-state index in [0.29, 0.717) is 31.9 Å². The van der Waals surface area contributed by atoms with Crippen LogP contribution in [0.15, 0.2) is 72.9 Å². The Labute approximate surface area is 288 Å². The molecular formula is C38H44ClN3O5S. The minimum absolute atomic E-state index is 0.130. The Morgan fingerprint density at radius 3 is 2.71 bits per heavy atom. The predicted octanol–water partition coefficient (Wildman–Crippen LogP) is 6.82. The molecule has 7 rings (SSSR count). The zero-order valence-corrected chi connectivity index (χ0v) is 29.4. The zero-order valence-electron chi connectivity index (χ0n) is 27.8. The fourth-order valence-electron chi connectivity index (χ4n) is 8.44. The number of amides is 1. The first-order valence-electron chi connectivity index (χ1n) is 17.1. The first kappa shape index (κ1) is 33.1. The van der Waals surface area contributed by atoms with Crippen molar-refractivity contribution in [3.05, 3.63) is 100 Å². The van der Waals surface area contributed by atoms with Crippen LogP contribution in [0.2, 0.25) is 5.02 Å². The van der Waals surface area contributed by atoms with Crippen LogP contribution in [0.4, 0.5) is 5.69 Å². The molecule has 2 aliphatic carbocycles. The van der Waals surface area contributed by atoms with E-state index in [4.69, 9.17) is 26.1 Å². The van der Waals surface area contributed by atoms with Gasteiger partial charge in [-0.15, -0.1) is 0 Å². The molecule has 1 fully saturated rings. The molecule has 1 saturated carbocycles. The number of fused-ring (bicyclic) bond motifs is 4. The number of nitrogens with zero attached hydrogens (tertiary/aromatic N) is 2. The summed E-state index contributed by atoms with van der Waals surface area (Å²) in [4.78, 5) is 20.7. The minimum atomic E-state index is -3.96. The normalized spacial score (nSPS) is 32.1. The standard InChI is InChI=1S/C38H44ClN3O5S/c1-25-8-6-18-38(46-3,35-10-4-5-19-40-35)32-14-11-29(32)22-42-23-37(17-7-9-27-20-30(39)13-15-31(27)37)24-47-34-16-12-28(21-33(34)42)36(43)41-48(44,45)26(25)2/h4-6,10,12-13,15-16,18-21,25-26,29,32H,7-9,11,14,17,22-24H2,1-3H3,(H,41,43)/b18-6-/t25-,26+,29-,32+,37-,38-/m0/s1. The lowest BCUT2D eigenvalue weighted by Gasteiger charge is -2.50. The van der Waals surface area contributed by atoms with Crippen LogP contribution in [-0.4, -0.2) is 51.4 Å². The lowest BCUT2D eigenvalue weighted by Crippen LogP contribution is -2.52. The summed E-state index contributed by atoms with van der Waals surface area (Å²) in [5, 5.41) is -0.0682. The number of anilines is 1. The molecule has 0 unspecified atom stereocenters. The van der Waals surface area contributed by atoms with Gasteiger partial charge in [-0.25, -0.2) is 13.1 Å². The summed E-state index contributed by atoms with van der Waals surface area (Å²) in [6.07, 6.45) is 11.4. The number of hydrogen-bond acceptors (Lipinski definition) is 7. The van der Waals surface area contributed by atoms with E-state index < -0.39 is 26.8 Å². The fourth-order valence-corrected chi connectivity index (χ4v) is 9.92. The SMILES string of the molecule is CO[C@@]1(c2ccccn2)/C=C\C[C@H](C)[C@@H](C)S(=O)(=O)NC(=O)c2ccc3c(c2)N(C[C@@H]2CC[C@H]21)C[C@@]1(CCCc2cc(Cl)ccc21)CO3. The molecule has 6 atom stereocenters. The monoisotopic (exact) mass is 689 g/mol. The molecule has 2 bridgehead atoms. The summed E-state index contributed by atoms with van der Waals surface area (Å²) >= 11 is 6.46. The molecule has 10 heteroatoms. The summed E-state index contributed by atoms with van der Waals surface area (Å²) in [5.74, 6) is 0.191. The van der Waals surface area contributed by atoms with Gasteiger partial charge in [-0.3, -0.25) is 9.78 Å². The second-order valence-corrected chi connectivity index (χ2v) is 16.7. The third kappa shape index (κ3) is 5.81. The number of halogens is 1. The number of benzene rings is 2. The van der Waals surface area contributed by atoms with E-state index in [2.05, 4.69) is 27.8 Å². The van der Waals surface area contributed by atoms with Crippen molar-refractivity contribution in [3.8, 4) is 5.75 Å². The Hall–Kier alpha value is -3.40. The Morgan fingerprint density at radius 2 is 1.96 bits per heavy atom. The van der Waals surface area contributed by atoms with E-state index in [0.717, 1.165) is 48.5 Å². The number of ether oxygens (including phenoxy) is 2. The number of hydrogen-bond donors (Lipinski definition) is 1. The molecule has 0 radical (unpaired) electrons. The number of aromatic nitrogens is 1. The van der Waals surface area contributed by atoms with Crippen molar-refractivity contribution in [3.63, 3.8) is 0 Å². The van der Waals surface area contributed by atoms with Crippen LogP contribution in [0.1, 0.15) is 73.1 Å². The van der Waals surface area contributed by atoms with Gasteiger partial charge in [0.1, 0.15) is 11.4 Å². The van der Waals surface area contributed by atoms with Crippen molar-refractivity contribution in [2.24, 2.45) is 17.8 Å². The highest BCUT2D eigenvalue weighted by atomic mass is 35.5. The van der Waals surface area contributed by atoms with Crippen molar-refractivity contribution in [1.29, 1.82) is 0 Å². The maximum Gasteiger partial charge on any atom is 0.264 e. The third-order valence-corrected chi connectivity index (χ3v) is 13.7. The topological polar surface area (TPSA) is 97.8 Å². The highest BCUT2D eigenvalue weighted by molar-refractivity contribution is 7.90. The van der Waals surface area contributed by atoms with Crippen LogP contribution in [0.3, 0.4) is 0 Å². The van der Waals surface area contributed by atoms with Gasteiger partial charge in [-0.05, 0) is 111 Å². The average molecular weight is 690 g/mol. The van der Waals surface area contributed by atoms with Gasteiger partial charge in [0.25, 0.3) is 5.91 Å². The average Bonchev–Trinajstić information content (AvgIpc) is 3.22. The summed E-state index contributed by atoms with van der Waals surface area (Å²) in [7, 11) is -2.22. The number of carbonyl (C=O) groups excluding carboxylic acids is 1. The predicted molar refractivity (Wildman–Crippen MR) is 188 cm³/mol. The number of nitrogens with one attached hydrogen (secondary N) is 1. The number of methoxy groups -OCH3 is 1. The minimum Gasteiger partial charge on any atom is -0.490 e. The van der Waals surface area contributed by atoms with Crippen molar-refractivity contribution < 1.29 is 22.7 Å².